The summed E-state index contributed by atoms with van der Waals surface area (Å²) < 4.78 is 0. The summed E-state index contributed by atoms with van der Waals surface area (Å²) >= 11 is 0. The van der Waals surface area contributed by atoms with Crippen molar-refractivity contribution in [1.82, 2.24) is 25.2 Å². The molecular formula is C35H43N5O. The van der Waals surface area contributed by atoms with E-state index in [1.165, 1.54) is 52.1 Å². The lowest BCUT2D eigenvalue weighted by molar-refractivity contribution is -0.133. The molecule has 0 spiro atoms. The first-order valence-electron chi connectivity index (χ1n) is 15.7. The average Bonchev–Trinajstić information content (AvgIpc) is 3.78. The van der Waals surface area contributed by atoms with E-state index in [0.29, 0.717) is 18.4 Å². The van der Waals surface area contributed by atoms with Crippen LogP contribution < -0.4 is 5.32 Å². The van der Waals surface area contributed by atoms with Crippen LogP contribution >= 0.6 is 0 Å². The van der Waals surface area contributed by atoms with Crippen molar-refractivity contribution in [3.63, 3.8) is 0 Å². The molecule has 6 heteroatoms. The van der Waals surface area contributed by atoms with Gasteiger partial charge in [0.1, 0.15) is 5.82 Å². The molecule has 2 saturated heterocycles. The second-order valence-electron chi connectivity index (χ2n) is 13.4. The number of carbonyl (C=O) groups excluding carboxylic acids is 1. The Labute approximate surface area is 243 Å². The third-order valence-corrected chi connectivity index (χ3v) is 9.85. The standard InChI is InChI=1S/C35H43N5O/c1-21(2)17-33(41)40-16-6-8-32(40)34-37-20-31(39-34)23-10-12-25-24-11-9-22(18-26(24)35(3,4)27(25)19-23)28-13-14-30(38-28)29-7-5-15-36-29/h10,12-14,18-21,29,32,36,38H,5-9,11,15-17H2,1-4H3,(H,37,39). The van der Waals surface area contributed by atoms with Gasteiger partial charge in [0.2, 0.25) is 5.91 Å². The van der Waals surface area contributed by atoms with E-state index in [9.17, 15) is 4.79 Å². The Morgan fingerprint density at radius 2 is 1.95 bits per heavy atom. The molecule has 3 N–H and O–H groups in total. The predicted octanol–water partition coefficient (Wildman–Crippen LogP) is 7.46. The van der Waals surface area contributed by atoms with Crippen LogP contribution in [0, 0.1) is 5.92 Å². The maximum Gasteiger partial charge on any atom is 0.223 e. The monoisotopic (exact) mass is 549 g/mol. The molecule has 6 nitrogen and oxygen atoms in total. The molecule has 2 aromatic heterocycles. The molecule has 1 aromatic carbocycles. The molecular weight excluding hydrogens is 506 g/mol. The highest BCUT2D eigenvalue weighted by Gasteiger charge is 2.39. The molecule has 2 aliphatic carbocycles. The summed E-state index contributed by atoms with van der Waals surface area (Å²) in [4.78, 5) is 27.0. The van der Waals surface area contributed by atoms with E-state index in [1.807, 2.05) is 11.1 Å². The molecule has 41 heavy (non-hydrogen) atoms. The van der Waals surface area contributed by atoms with Crippen molar-refractivity contribution in [3.05, 3.63) is 76.5 Å². The van der Waals surface area contributed by atoms with Crippen LogP contribution in [-0.4, -0.2) is 38.8 Å². The van der Waals surface area contributed by atoms with E-state index < -0.39 is 0 Å². The van der Waals surface area contributed by atoms with Crippen LogP contribution in [0.2, 0.25) is 0 Å². The van der Waals surface area contributed by atoms with Gasteiger partial charge in [0, 0.05) is 35.8 Å². The number of nitrogens with zero attached hydrogens (tertiary/aromatic N) is 2. The number of carbonyl (C=O) groups is 1. The maximum atomic E-state index is 12.9. The van der Waals surface area contributed by atoms with Gasteiger partial charge in [0.25, 0.3) is 0 Å². The van der Waals surface area contributed by atoms with E-state index in [0.717, 1.165) is 55.9 Å². The topological polar surface area (TPSA) is 76.8 Å². The van der Waals surface area contributed by atoms with Gasteiger partial charge in [-0.2, -0.15) is 0 Å². The summed E-state index contributed by atoms with van der Waals surface area (Å²) in [5.41, 5.74) is 11.9. The van der Waals surface area contributed by atoms with Crippen molar-refractivity contribution in [3.8, 4) is 11.3 Å². The molecule has 214 valence electrons. The number of rotatable bonds is 6. The zero-order valence-corrected chi connectivity index (χ0v) is 24.9. The molecule has 7 rings (SSSR count). The molecule has 3 aromatic rings. The second kappa shape index (κ2) is 10.2. The van der Waals surface area contributed by atoms with E-state index in [4.69, 9.17) is 4.98 Å². The van der Waals surface area contributed by atoms with Crippen LogP contribution in [0.25, 0.3) is 22.4 Å². The minimum atomic E-state index is -0.0663. The highest BCUT2D eigenvalue weighted by atomic mass is 16.2. The number of nitrogens with one attached hydrogen (secondary N) is 3. The fraction of sp³-hybridized carbons (Fsp3) is 0.486. The molecule has 2 fully saturated rings. The third-order valence-electron chi connectivity index (χ3n) is 9.85. The lowest BCUT2D eigenvalue weighted by atomic mass is 9.78. The van der Waals surface area contributed by atoms with Gasteiger partial charge in [0.05, 0.1) is 17.9 Å². The van der Waals surface area contributed by atoms with Gasteiger partial charge in [0.15, 0.2) is 0 Å². The molecule has 0 radical (unpaired) electrons. The van der Waals surface area contributed by atoms with Crippen molar-refractivity contribution in [1.29, 1.82) is 0 Å². The molecule has 0 saturated carbocycles. The number of aromatic amines is 2. The van der Waals surface area contributed by atoms with E-state index in [2.05, 4.69) is 79.4 Å². The highest BCUT2D eigenvalue weighted by molar-refractivity contribution is 5.89. The van der Waals surface area contributed by atoms with Crippen molar-refractivity contribution in [2.45, 2.75) is 90.1 Å². The number of fused-ring (bicyclic) bond motifs is 2. The van der Waals surface area contributed by atoms with Crippen LogP contribution in [0.3, 0.4) is 0 Å². The fourth-order valence-electron chi connectivity index (χ4n) is 7.64. The Kier molecular flexibility index (Phi) is 6.57. The Morgan fingerprint density at radius 1 is 1.07 bits per heavy atom. The van der Waals surface area contributed by atoms with Crippen molar-refractivity contribution < 1.29 is 4.79 Å². The molecule has 2 unspecified atom stereocenters. The van der Waals surface area contributed by atoms with Gasteiger partial charge in [-0.25, -0.2) is 4.98 Å². The van der Waals surface area contributed by atoms with Crippen molar-refractivity contribution in [2.75, 3.05) is 13.1 Å². The zero-order valence-electron chi connectivity index (χ0n) is 24.9. The molecule has 4 heterocycles. The predicted molar refractivity (Wildman–Crippen MR) is 165 cm³/mol. The van der Waals surface area contributed by atoms with Crippen LogP contribution in [0.5, 0.6) is 0 Å². The fourth-order valence-corrected chi connectivity index (χ4v) is 7.64. The summed E-state index contributed by atoms with van der Waals surface area (Å²) in [6.45, 7) is 10.9. The first-order chi connectivity index (χ1) is 19.8. The van der Waals surface area contributed by atoms with Gasteiger partial charge >= 0.3 is 0 Å². The van der Waals surface area contributed by atoms with Crippen molar-refractivity contribution in [2.24, 2.45) is 5.92 Å². The van der Waals surface area contributed by atoms with Crippen LogP contribution in [-0.2, 0) is 10.2 Å². The number of likely N-dealkylation sites (tertiary alicyclic amines) is 1. The number of benzene rings is 1. The Hall–Kier alpha value is -3.38. The Bertz CT molecular complexity index is 1540. The van der Waals surface area contributed by atoms with Crippen LogP contribution in [0.4, 0.5) is 0 Å². The van der Waals surface area contributed by atoms with E-state index in [1.54, 1.807) is 0 Å². The van der Waals surface area contributed by atoms with Crippen molar-refractivity contribution >= 4 is 17.1 Å². The molecule has 2 atom stereocenters. The Balaban J connectivity index is 1.14. The Morgan fingerprint density at radius 3 is 2.76 bits per heavy atom. The minimum Gasteiger partial charge on any atom is -0.357 e. The molecule has 0 bridgehead atoms. The second-order valence-corrected chi connectivity index (χ2v) is 13.4. The summed E-state index contributed by atoms with van der Waals surface area (Å²) in [5.74, 6) is 1.53. The lowest BCUT2D eigenvalue weighted by Crippen LogP contribution is -2.31. The average molecular weight is 550 g/mol. The number of H-pyrrole nitrogens is 2. The molecule has 4 aliphatic rings. The number of imidazole rings is 1. The summed E-state index contributed by atoms with van der Waals surface area (Å²) in [6.07, 6.45) is 11.6. The van der Waals surface area contributed by atoms with E-state index >= 15 is 0 Å². The van der Waals surface area contributed by atoms with Gasteiger partial charge in [-0.15, -0.1) is 0 Å². The van der Waals surface area contributed by atoms with E-state index in [-0.39, 0.29) is 17.4 Å². The number of aromatic nitrogens is 3. The number of allylic oxidation sites excluding steroid dienone is 4. The summed E-state index contributed by atoms with van der Waals surface area (Å²) in [7, 11) is 0. The molecule has 2 aliphatic heterocycles. The number of hydrogen-bond donors (Lipinski definition) is 3. The zero-order chi connectivity index (χ0) is 28.3. The quantitative estimate of drug-likeness (QED) is 0.299. The number of hydrogen-bond acceptors (Lipinski definition) is 3. The third kappa shape index (κ3) is 4.61. The first-order valence-corrected chi connectivity index (χ1v) is 15.7. The number of amides is 1. The first kappa shape index (κ1) is 26.5. The lowest BCUT2D eigenvalue weighted by Gasteiger charge is -2.26. The highest BCUT2D eigenvalue weighted by Crippen LogP contribution is 2.52. The largest absolute Gasteiger partial charge is 0.357 e. The van der Waals surface area contributed by atoms with Gasteiger partial charge < -0.3 is 20.2 Å². The summed E-state index contributed by atoms with van der Waals surface area (Å²) in [5, 5.41) is 3.62. The van der Waals surface area contributed by atoms with Crippen LogP contribution in [0.15, 0.2) is 48.2 Å². The summed E-state index contributed by atoms with van der Waals surface area (Å²) in [6, 6.07) is 12.0. The van der Waals surface area contributed by atoms with Crippen LogP contribution in [0.1, 0.15) is 113 Å². The van der Waals surface area contributed by atoms with Gasteiger partial charge in [-0.3, -0.25) is 4.79 Å². The minimum absolute atomic E-state index is 0.0522. The van der Waals surface area contributed by atoms with Gasteiger partial charge in [-0.05, 0) is 103 Å². The molecule has 1 amide bonds. The van der Waals surface area contributed by atoms with Gasteiger partial charge in [-0.1, -0.05) is 45.9 Å². The SMILES string of the molecule is CC(C)CC(=O)N1CCCC1c1ncc(-c2ccc3c(c2)C(C)(C)C2=C3CCC(c3ccc(C4CCCN4)[nH]3)=C2)[nH]1. The normalized spacial score (nSPS) is 23.3. The maximum absolute atomic E-state index is 12.9. The smallest absolute Gasteiger partial charge is 0.223 e.